The Balaban J connectivity index is 0.00000392. The summed E-state index contributed by atoms with van der Waals surface area (Å²) in [5.41, 5.74) is 0.668. The van der Waals surface area contributed by atoms with E-state index in [2.05, 4.69) is 15.6 Å². The molecule has 1 atom stereocenters. The van der Waals surface area contributed by atoms with Gasteiger partial charge in [0.1, 0.15) is 6.10 Å². The van der Waals surface area contributed by atoms with Crippen molar-refractivity contribution in [2.45, 2.75) is 38.8 Å². The van der Waals surface area contributed by atoms with Gasteiger partial charge in [0.15, 0.2) is 5.96 Å². The average molecular weight is 525 g/mol. The molecule has 2 rings (SSSR count). The molecule has 0 spiro atoms. The molecule has 1 fully saturated rings. The van der Waals surface area contributed by atoms with E-state index in [4.69, 9.17) is 16.3 Å². The summed E-state index contributed by atoms with van der Waals surface area (Å²) in [5.74, 6) is 0.651. The van der Waals surface area contributed by atoms with Crippen molar-refractivity contribution in [3.05, 3.63) is 34.9 Å². The third-order valence-corrected chi connectivity index (χ3v) is 4.74. The van der Waals surface area contributed by atoms with Crippen molar-refractivity contribution in [2.75, 3.05) is 32.8 Å². The van der Waals surface area contributed by atoms with E-state index in [1.54, 1.807) is 17.0 Å². The Morgan fingerprint density at radius 2 is 2.04 bits per heavy atom. The van der Waals surface area contributed by atoms with Gasteiger partial charge >= 0.3 is 6.09 Å². The third kappa shape index (κ3) is 7.63. The largest absolute Gasteiger partial charge is 0.450 e. The normalized spacial score (nSPS) is 16.1. The lowest BCUT2D eigenvalue weighted by atomic mass is 10.1. The zero-order chi connectivity index (χ0) is 19.6. The van der Waals surface area contributed by atoms with Crippen molar-refractivity contribution >= 4 is 47.6 Å². The topological polar surface area (TPSA) is 86.2 Å². The first kappa shape index (κ1) is 24.8. The molecule has 158 valence electrons. The molecule has 1 aliphatic heterocycles. The maximum absolute atomic E-state index is 11.8. The Hall–Kier alpha value is -1.26. The first-order chi connectivity index (χ1) is 13.0. The molecular formula is C19H30ClIN4O3. The van der Waals surface area contributed by atoms with Gasteiger partial charge in [0.05, 0.1) is 13.2 Å². The SMILES string of the molecule is CCNC(=NCC(O)c1ccccc1Cl)NC1CCN(C(=O)OCC)CC1.I. The number of carbonyl (C=O) groups excluding carboxylic acids is 1. The molecule has 0 aromatic heterocycles. The number of amides is 1. The lowest BCUT2D eigenvalue weighted by molar-refractivity contribution is 0.0963. The standard InChI is InChI=1S/C19H29ClN4O3.HI/c1-3-21-18(22-13-17(25)15-7-5-6-8-16(15)20)23-14-9-11-24(12-10-14)19(26)27-4-2;/h5-8,14,17,25H,3-4,9-13H2,1-2H3,(H2,21,22,23);1H. The predicted molar refractivity (Wildman–Crippen MR) is 123 cm³/mol. The van der Waals surface area contributed by atoms with E-state index in [9.17, 15) is 9.90 Å². The van der Waals surface area contributed by atoms with Crippen LogP contribution in [0.3, 0.4) is 0 Å². The first-order valence-electron chi connectivity index (χ1n) is 9.44. The highest BCUT2D eigenvalue weighted by molar-refractivity contribution is 14.0. The smallest absolute Gasteiger partial charge is 0.409 e. The number of likely N-dealkylation sites (tertiary alicyclic amines) is 1. The fourth-order valence-corrected chi connectivity index (χ4v) is 3.22. The number of hydrogen-bond acceptors (Lipinski definition) is 4. The summed E-state index contributed by atoms with van der Waals surface area (Å²) in [6.45, 7) is 6.42. The summed E-state index contributed by atoms with van der Waals surface area (Å²) in [6.07, 6.45) is 0.617. The predicted octanol–water partition coefficient (Wildman–Crippen LogP) is 3.17. The number of carbonyl (C=O) groups is 1. The second kappa shape index (κ2) is 13.1. The van der Waals surface area contributed by atoms with E-state index in [1.165, 1.54) is 0 Å². The molecule has 1 amide bonds. The molecule has 3 N–H and O–H groups in total. The van der Waals surface area contributed by atoms with Crippen LogP contribution < -0.4 is 10.6 Å². The molecule has 1 aliphatic rings. The number of piperidine rings is 1. The van der Waals surface area contributed by atoms with Gasteiger partial charge in [-0.1, -0.05) is 29.8 Å². The third-order valence-electron chi connectivity index (χ3n) is 4.39. The molecule has 0 bridgehead atoms. The van der Waals surface area contributed by atoms with Crippen LogP contribution in [0.25, 0.3) is 0 Å². The van der Waals surface area contributed by atoms with Gasteiger partial charge in [-0.3, -0.25) is 4.99 Å². The van der Waals surface area contributed by atoms with Gasteiger partial charge < -0.3 is 25.4 Å². The summed E-state index contributed by atoms with van der Waals surface area (Å²) < 4.78 is 5.04. The molecule has 1 aromatic rings. The van der Waals surface area contributed by atoms with Crippen LogP contribution >= 0.6 is 35.6 Å². The Labute approximate surface area is 188 Å². The van der Waals surface area contributed by atoms with Crippen LogP contribution in [0.4, 0.5) is 4.79 Å². The van der Waals surface area contributed by atoms with Gasteiger partial charge in [-0.05, 0) is 32.8 Å². The number of halogens is 2. The Morgan fingerprint density at radius 1 is 1.36 bits per heavy atom. The van der Waals surface area contributed by atoms with Gasteiger partial charge in [-0.2, -0.15) is 0 Å². The Kier molecular flexibility index (Phi) is 11.6. The summed E-state index contributed by atoms with van der Waals surface area (Å²) in [7, 11) is 0. The average Bonchev–Trinajstić information content (AvgIpc) is 2.67. The summed E-state index contributed by atoms with van der Waals surface area (Å²) in [4.78, 5) is 18.0. The van der Waals surface area contributed by atoms with Gasteiger partial charge in [0.25, 0.3) is 0 Å². The molecule has 1 saturated heterocycles. The minimum absolute atomic E-state index is 0. The number of benzene rings is 1. The zero-order valence-electron chi connectivity index (χ0n) is 16.4. The molecule has 0 radical (unpaired) electrons. The van der Waals surface area contributed by atoms with E-state index >= 15 is 0 Å². The number of rotatable bonds is 6. The van der Waals surface area contributed by atoms with Crippen LogP contribution in [-0.4, -0.2) is 60.9 Å². The van der Waals surface area contributed by atoms with Crippen molar-refractivity contribution in [1.82, 2.24) is 15.5 Å². The molecule has 1 unspecified atom stereocenters. The quantitative estimate of drug-likeness (QED) is 0.302. The van der Waals surface area contributed by atoms with E-state index in [-0.39, 0.29) is 42.7 Å². The van der Waals surface area contributed by atoms with E-state index < -0.39 is 6.10 Å². The summed E-state index contributed by atoms with van der Waals surface area (Å²) >= 11 is 6.13. The fourth-order valence-electron chi connectivity index (χ4n) is 2.96. The van der Waals surface area contributed by atoms with Crippen molar-refractivity contribution in [2.24, 2.45) is 4.99 Å². The van der Waals surface area contributed by atoms with Crippen LogP contribution in [0.5, 0.6) is 0 Å². The van der Waals surface area contributed by atoms with Crippen LogP contribution in [0.2, 0.25) is 5.02 Å². The van der Waals surface area contributed by atoms with Crippen molar-refractivity contribution in [3.8, 4) is 0 Å². The van der Waals surface area contributed by atoms with Crippen molar-refractivity contribution < 1.29 is 14.6 Å². The van der Waals surface area contributed by atoms with Crippen LogP contribution in [0, 0.1) is 0 Å². The second-order valence-corrected chi connectivity index (χ2v) is 6.77. The maximum Gasteiger partial charge on any atom is 0.409 e. The Bertz CT molecular complexity index is 639. The molecule has 1 aromatic carbocycles. The van der Waals surface area contributed by atoms with E-state index in [0.717, 1.165) is 19.4 Å². The molecule has 0 saturated carbocycles. The second-order valence-electron chi connectivity index (χ2n) is 6.36. The highest BCUT2D eigenvalue weighted by Crippen LogP contribution is 2.22. The number of aliphatic hydroxyl groups excluding tert-OH is 1. The number of nitrogens with one attached hydrogen (secondary N) is 2. The van der Waals surface area contributed by atoms with Gasteiger partial charge in [0, 0.05) is 36.3 Å². The maximum atomic E-state index is 11.8. The minimum Gasteiger partial charge on any atom is -0.450 e. The van der Waals surface area contributed by atoms with E-state index in [1.807, 2.05) is 26.0 Å². The zero-order valence-corrected chi connectivity index (χ0v) is 19.4. The fraction of sp³-hybridized carbons (Fsp3) is 0.579. The number of hydrogen-bond donors (Lipinski definition) is 3. The van der Waals surface area contributed by atoms with Gasteiger partial charge in [0.2, 0.25) is 0 Å². The monoisotopic (exact) mass is 524 g/mol. The lowest BCUT2D eigenvalue weighted by Crippen LogP contribution is -2.50. The molecule has 0 aliphatic carbocycles. The number of nitrogens with zero attached hydrogens (tertiary/aromatic N) is 2. The highest BCUT2D eigenvalue weighted by atomic mass is 127. The van der Waals surface area contributed by atoms with Crippen molar-refractivity contribution in [3.63, 3.8) is 0 Å². The van der Waals surface area contributed by atoms with Crippen molar-refractivity contribution in [1.29, 1.82) is 0 Å². The number of ether oxygens (including phenoxy) is 1. The van der Waals surface area contributed by atoms with Gasteiger partial charge in [-0.25, -0.2) is 4.79 Å². The summed E-state index contributed by atoms with van der Waals surface area (Å²) in [6, 6.07) is 7.44. The molecular weight excluding hydrogens is 495 g/mol. The van der Waals surface area contributed by atoms with Crippen LogP contribution in [0.15, 0.2) is 29.3 Å². The molecule has 28 heavy (non-hydrogen) atoms. The number of guanidine groups is 1. The van der Waals surface area contributed by atoms with Gasteiger partial charge in [-0.15, -0.1) is 24.0 Å². The Morgan fingerprint density at radius 3 is 2.64 bits per heavy atom. The molecule has 1 heterocycles. The first-order valence-corrected chi connectivity index (χ1v) is 9.82. The lowest BCUT2D eigenvalue weighted by Gasteiger charge is -2.32. The number of aliphatic imine (C=N–C) groups is 1. The van der Waals surface area contributed by atoms with E-state index in [0.29, 0.717) is 36.2 Å². The van der Waals surface area contributed by atoms with Crippen LogP contribution in [0.1, 0.15) is 38.4 Å². The number of aliphatic hydroxyl groups is 1. The highest BCUT2D eigenvalue weighted by Gasteiger charge is 2.24. The van der Waals surface area contributed by atoms with Crippen LogP contribution in [-0.2, 0) is 4.74 Å². The molecule has 9 heteroatoms. The minimum atomic E-state index is -0.764. The summed E-state index contributed by atoms with van der Waals surface area (Å²) in [5, 5.41) is 17.5. The molecule has 7 nitrogen and oxygen atoms in total.